The molecule has 1 aromatic carbocycles. The van der Waals surface area contributed by atoms with E-state index < -0.39 is 9.84 Å². The maximum Gasteiger partial charge on any atom is 0.239 e. The van der Waals surface area contributed by atoms with Crippen LogP contribution in [0.4, 0.5) is 5.69 Å². The number of hydrogen-bond acceptors (Lipinski definition) is 5. The monoisotopic (exact) mass is 333 g/mol. The predicted molar refractivity (Wildman–Crippen MR) is 89.0 cm³/mol. The van der Waals surface area contributed by atoms with E-state index in [9.17, 15) is 13.2 Å². The number of amides is 1. The average Bonchev–Trinajstić information content (AvgIpc) is 2.53. The number of aromatic nitrogens is 1. The lowest BCUT2D eigenvalue weighted by molar-refractivity contribution is -0.119. The zero-order chi connectivity index (χ0) is 16.7. The maximum atomic E-state index is 11.7. The summed E-state index contributed by atoms with van der Waals surface area (Å²) in [6.07, 6.45) is 3.55. The lowest BCUT2D eigenvalue weighted by Crippen LogP contribution is -2.31. The number of rotatable bonds is 7. The molecule has 0 radical (unpaired) electrons. The van der Waals surface area contributed by atoms with Crippen molar-refractivity contribution < 1.29 is 13.2 Å². The Morgan fingerprint density at radius 3 is 2.48 bits per heavy atom. The molecule has 0 saturated carbocycles. The Morgan fingerprint density at radius 2 is 1.87 bits per heavy atom. The molecule has 0 fully saturated rings. The van der Waals surface area contributed by atoms with Crippen LogP contribution in [0.3, 0.4) is 0 Å². The highest BCUT2D eigenvalue weighted by Crippen LogP contribution is 2.13. The Labute approximate surface area is 135 Å². The number of benzene rings is 1. The van der Waals surface area contributed by atoms with Gasteiger partial charge < -0.3 is 10.6 Å². The van der Waals surface area contributed by atoms with Crippen molar-refractivity contribution in [2.24, 2.45) is 0 Å². The van der Waals surface area contributed by atoms with Gasteiger partial charge in [-0.25, -0.2) is 8.42 Å². The van der Waals surface area contributed by atoms with E-state index >= 15 is 0 Å². The third-order valence-corrected chi connectivity index (χ3v) is 4.29. The second-order valence-corrected chi connectivity index (χ2v) is 7.09. The summed E-state index contributed by atoms with van der Waals surface area (Å²) in [6.45, 7) is 0.644. The van der Waals surface area contributed by atoms with E-state index in [4.69, 9.17) is 0 Å². The van der Waals surface area contributed by atoms with Gasteiger partial charge in [-0.05, 0) is 36.4 Å². The molecule has 1 amide bonds. The van der Waals surface area contributed by atoms with Crippen LogP contribution in [0.25, 0.3) is 0 Å². The second kappa shape index (κ2) is 7.73. The summed E-state index contributed by atoms with van der Waals surface area (Å²) in [6, 6.07) is 12.0. The molecule has 0 bridgehead atoms. The maximum absolute atomic E-state index is 11.7. The standard InChI is InChI=1S/C16H19N3O3S/c1-23(21,22)15-7-5-14(6-8-15)19-12-16(20)18-11-9-13-4-2-3-10-17-13/h2-8,10,19H,9,11-12H2,1H3,(H,18,20). The summed E-state index contributed by atoms with van der Waals surface area (Å²) < 4.78 is 22.7. The van der Waals surface area contributed by atoms with Gasteiger partial charge in [0.25, 0.3) is 0 Å². The first-order valence-electron chi connectivity index (χ1n) is 7.16. The molecule has 1 aromatic heterocycles. The summed E-state index contributed by atoms with van der Waals surface area (Å²) in [5.74, 6) is -0.131. The number of hydrogen-bond donors (Lipinski definition) is 2. The van der Waals surface area contributed by atoms with Crippen molar-refractivity contribution in [1.82, 2.24) is 10.3 Å². The smallest absolute Gasteiger partial charge is 0.239 e. The van der Waals surface area contributed by atoms with Crippen LogP contribution in [-0.2, 0) is 21.1 Å². The molecular formula is C16H19N3O3S. The molecule has 2 aromatic rings. The molecule has 0 aliphatic rings. The first kappa shape index (κ1) is 17.0. The molecule has 0 atom stereocenters. The number of anilines is 1. The van der Waals surface area contributed by atoms with Crippen molar-refractivity contribution in [2.75, 3.05) is 24.7 Å². The van der Waals surface area contributed by atoms with Gasteiger partial charge in [0.2, 0.25) is 5.91 Å². The van der Waals surface area contributed by atoms with E-state index in [1.807, 2.05) is 18.2 Å². The third kappa shape index (κ3) is 5.71. The Morgan fingerprint density at radius 1 is 1.13 bits per heavy atom. The van der Waals surface area contributed by atoms with Crippen molar-refractivity contribution >= 4 is 21.4 Å². The molecular weight excluding hydrogens is 314 g/mol. The molecule has 122 valence electrons. The number of pyridine rings is 1. The van der Waals surface area contributed by atoms with Crippen LogP contribution >= 0.6 is 0 Å². The minimum Gasteiger partial charge on any atom is -0.376 e. The molecule has 0 aliphatic carbocycles. The van der Waals surface area contributed by atoms with E-state index in [2.05, 4.69) is 15.6 Å². The van der Waals surface area contributed by atoms with Gasteiger partial charge >= 0.3 is 0 Å². The molecule has 0 saturated heterocycles. The third-order valence-electron chi connectivity index (χ3n) is 3.16. The van der Waals surface area contributed by atoms with Gasteiger partial charge in [0.15, 0.2) is 9.84 Å². The minimum absolute atomic E-state index is 0.125. The van der Waals surface area contributed by atoms with Gasteiger partial charge in [-0.2, -0.15) is 0 Å². The van der Waals surface area contributed by atoms with Crippen LogP contribution in [0, 0.1) is 0 Å². The van der Waals surface area contributed by atoms with Crippen LogP contribution in [0.2, 0.25) is 0 Å². The molecule has 0 aliphatic heterocycles. The van der Waals surface area contributed by atoms with E-state index in [1.54, 1.807) is 18.3 Å². The van der Waals surface area contributed by atoms with Crippen molar-refractivity contribution in [3.8, 4) is 0 Å². The Kier molecular flexibility index (Phi) is 5.70. The number of nitrogens with zero attached hydrogens (tertiary/aromatic N) is 1. The van der Waals surface area contributed by atoms with Gasteiger partial charge in [0, 0.05) is 36.8 Å². The molecule has 0 unspecified atom stereocenters. The molecule has 7 heteroatoms. The van der Waals surface area contributed by atoms with Crippen LogP contribution in [-0.4, -0.2) is 38.7 Å². The molecule has 23 heavy (non-hydrogen) atoms. The SMILES string of the molecule is CS(=O)(=O)c1ccc(NCC(=O)NCCc2ccccn2)cc1. The fourth-order valence-electron chi connectivity index (χ4n) is 1.94. The largest absolute Gasteiger partial charge is 0.376 e. The average molecular weight is 333 g/mol. The highest BCUT2D eigenvalue weighted by atomic mass is 32.2. The first-order valence-corrected chi connectivity index (χ1v) is 9.05. The van der Waals surface area contributed by atoms with Crippen molar-refractivity contribution in [2.45, 2.75) is 11.3 Å². The zero-order valence-corrected chi connectivity index (χ0v) is 13.6. The quantitative estimate of drug-likeness (QED) is 0.796. The highest BCUT2D eigenvalue weighted by molar-refractivity contribution is 7.90. The van der Waals surface area contributed by atoms with E-state index in [0.717, 1.165) is 11.9 Å². The van der Waals surface area contributed by atoms with Crippen LogP contribution in [0.5, 0.6) is 0 Å². The Hall–Kier alpha value is -2.41. The van der Waals surface area contributed by atoms with Crippen LogP contribution < -0.4 is 10.6 Å². The van der Waals surface area contributed by atoms with E-state index in [-0.39, 0.29) is 17.3 Å². The summed E-state index contributed by atoms with van der Waals surface area (Å²) in [5.41, 5.74) is 1.62. The lowest BCUT2D eigenvalue weighted by Gasteiger charge is -2.08. The molecule has 2 N–H and O–H groups in total. The summed E-state index contributed by atoms with van der Waals surface area (Å²) >= 11 is 0. The lowest BCUT2D eigenvalue weighted by atomic mass is 10.3. The van der Waals surface area contributed by atoms with Crippen molar-refractivity contribution in [3.05, 3.63) is 54.4 Å². The van der Waals surface area contributed by atoms with Crippen LogP contribution in [0.15, 0.2) is 53.6 Å². The first-order chi connectivity index (χ1) is 10.9. The molecule has 0 spiro atoms. The topological polar surface area (TPSA) is 88.2 Å². The molecule has 1 heterocycles. The summed E-state index contributed by atoms with van der Waals surface area (Å²) in [7, 11) is -3.20. The zero-order valence-electron chi connectivity index (χ0n) is 12.8. The van der Waals surface area contributed by atoms with Crippen molar-refractivity contribution in [3.63, 3.8) is 0 Å². The van der Waals surface area contributed by atoms with Gasteiger partial charge in [0.1, 0.15) is 0 Å². The fourth-order valence-corrected chi connectivity index (χ4v) is 2.57. The Bertz CT molecular complexity index is 744. The van der Waals surface area contributed by atoms with E-state index in [1.165, 1.54) is 12.1 Å². The number of carbonyl (C=O) groups is 1. The second-order valence-electron chi connectivity index (χ2n) is 5.07. The van der Waals surface area contributed by atoms with Gasteiger partial charge in [-0.3, -0.25) is 9.78 Å². The van der Waals surface area contributed by atoms with Gasteiger partial charge in [-0.1, -0.05) is 6.07 Å². The molecule has 6 nitrogen and oxygen atoms in total. The van der Waals surface area contributed by atoms with Crippen LogP contribution in [0.1, 0.15) is 5.69 Å². The normalized spacial score (nSPS) is 11.0. The number of sulfone groups is 1. The van der Waals surface area contributed by atoms with Gasteiger partial charge in [-0.15, -0.1) is 0 Å². The summed E-state index contributed by atoms with van der Waals surface area (Å²) in [5, 5.41) is 5.75. The van der Waals surface area contributed by atoms with E-state index in [0.29, 0.717) is 18.7 Å². The summed E-state index contributed by atoms with van der Waals surface area (Å²) in [4.78, 5) is 16.2. The highest BCUT2D eigenvalue weighted by Gasteiger charge is 2.06. The van der Waals surface area contributed by atoms with Crippen molar-refractivity contribution in [1.29, 1.82) is 0 Å². The fraction of sp³-hybridized carbons (Fsp3) is 0.250. The predicted octanol–water partition coefficient (Wildman–Crippen LogP) is 1.26. The molecule has 2 rings (SSSR count). The minimum atomic E-state index is -3.20. The number of nitrogens with one attached hydrogen (secondary N) is 2. The van der Waals surface area contributed by atoms with Gasteiger partial charge in [0.05, 0.1) is 11.4 Å². The number of carbonyl (C=O) groups excluding carboxylic acids is 1. The Balaban J connectivity index is 1.74.